The van der Waals surface area contributed by atoms with E-state index in [1.54, 1.807) is 0 Å². The Bertz CT molecular complexity index is 3530. The van der Waals surface area contributed by atoms with E-state index in [-0.39, 0.29) is 73.4 Å². The number of imide groups is 1. The number of aromatic hydroxyl groups is 1. The van der Waals surface area contributed by atoms with Gasteiger partial charge >= 0.3 is 29.7 Å². The van der Waals surface area contributed by atoms with Crippen LogP contribution in [0.3, 0.4) is 0 Å². The van der Waals surface area contributed by atoms with Crippen molar-refractivity contribution >= 4 is 75.9 Å². The summed E-state index contributed by atoms with van der Waals surface area (Å²) in [7, 11) is 0. The number of nitrogens with zero attached hydrogens (tertiary/aromatic N) is 1. The highest BCUT2D eigenvalue weighted by Crippen LogP contribution is 2.57. The van der Waals surface area contributed by atoms with Gasteiger partial charge in [0.25, 0.3) is 18.1 Å². The number of aliphatic hydroxyl groups excluding tert-OH is 6. The minimum atomic E-state index is -2.15. The molecular formula is C53H48ClN3O25. The predicted octanol–water partition coefficient (Wildman–Crippen LogP) is 1.13. The van der Waals surface area contributed by atoms with E-state index in [0.717, 1.165) is 19.1 Å². The van der Waals surface area contributed by atoms with E-state index in [0.29, 0.717) is 4.90 Å². The van der Waals surface area contributed by atoms with Crippen LogP contribution in [0.4, 0.5) is 10.5 Å². The third-order valence-corrected chi connectivity index (χ3v) is 14.6. The number of carboxylic acids is 2. The van der Waals surface area contributed by atoms with Crippen LogP contribution in [-0.4, -0.2) is 165 Å². The van der Waals surface area contributed by atoms with Crippen LogP contribution in [0.1, 0.15) is 70.0 Å². The number of rotatable bonds is 16. The number of aliphatic hydroxyl groups is 6. The zero-order chi connectivity index (χ0) is 59.4. The van der Waals surface area contributed by atoms with Crippen molar-refractivity contribution in [2.45, 2.75) is 93.3 Å². The van der Waals surface area contributed by atoms with Gasteiger partial charge in [0.15, 0.2) is 11.7 Å². The fourth-order valence-electron chi connectivity index (χ4n) is 10.1. The maximum absolute atomic E-state index is 14.1. The number of esters is 1. The molecular weight excluding hydrogens is 1110 g/mol. The number of halogens is 1. The molecule has 29 heteroatoms. The van der Waals surface area contributed by atoms with Crippen LogP contribution in [0.25, 0.3) is 11.0 Å². The first-order valence-corrected chi connectivity index (χ1v) is 25.2. The third kappa shape index (κ3) is 10.9. The maximum Gasteiger partial charge on any atom is 0.508 e. The number of carboxylic acid groups (broad SMARTS) is 3. The summed E-state index contributed by atoms with van der Waals surface area (Å²) in [5, 5.41) is 106. The van der Waals surface area contributed by atoms with Gasteiger partial charge in [-0.15, -0.1) is 0 Å². The molecule has 12 unspecified atom stereocenters. The van der Waals surface area contributed by atoms with Gasteiger partial charge in [-0.2, -0.15) is 0 Å². The molecule has 1 saturated carbocycles. The van der Waals surface area contributed by atoms with E-state index >= 15 is 0 Å². The van der Waals surface area contributed by atoms with Gasteiger partial charge in [0.1, 0.15) is 70.4 Å². The molecule has 1 saturated heterocycles. The van der Waals surface area contributed by atoms with Crippen LogP contribution in [0.5, 0.6) is 28.7 Å². The van der Waals surface area contributed by atoms with E-state index in [1.807, 2.05) is 0 Å². The molecule has 82 heavy (non-hydrogen) atoms. The second-order valence-electron chi connectivity index (χ2n) is 19.6. The average molecular weight is 1160 g/mol. The number of piperidine rings is 1. The van der Waals surface area contributed by atoms with Gasteiger partial charge in [0.05, 0.1) is 34.6 Å². The number of likely N-dealkylation sites (tertiary alicyclic amines) is 1. The molecule has 0 radical (unpaired) electrons. The summed E-state index contributed by atoms with van der Waals surface area (Å²) in [5.41, 5.74) is -3.66. The van der Waals surface area contributed by atoms with Crippen molar-refractivity contribution in [3.63, 3.8) is 0 Å². The smallest absolute Gasteiger partial charge is 0.506 e. The first kappa shape index (κ1) is 57.8. The van der Waals surface area contributed by atoms with E-state index in [1.165, 1.54) is 60.7 Å². The van der Waals surface area contributed by atoms with E-state index in [4.69, 9.17) is 35.0 Å². The lowest BCUT2D eigenvalue weighted by molar-refractivity contribution is -0.174. The van der Waals surface area contributed by atoms with Gasteiger partial charge in [0.2, 0.25) is 11.8 Å². The molecule has 12 atom stereocenters. The number of anilines is 1. The van der Waals surface area contributed by atoms with Crippen LogP contribution in [-0.2, 0) is 39.0 Å². The Hall–Kier alpha value is -8.90. The first-order valence-electron chi connectivity index (χ1n) is 24.8. The quantitative estimate of drug-likeness (QED) is 0.0285. The van der Waals surface area contributed by atoms with Gasteiger partial charge in [0, 0.05) is 71.8 Å². The van der Waals surface area contributed by atoms with Gasteiger partial charge in [-0.05, 0) is 61.9 Å². The standard InChI is InChI=1S/C53H48ClN3O25/c1-19(58)40(62)44(66)51(81-52(75)76)78-23-4-7-30-35(16-23)79-34-15-22(77-36-17-26(48(71)72)41(63)43(65)42(36)64)3-6-29(34)53(30)28-5-2-21(14-25(28)50(74)82-53)55-37(60)8-9-38(61)56-39-24(47(69)70)10-11-57(46(39)68)45(67)27-12-20-13-31(54)32(59)18-33(20)80-49(27)73/h2-7,12-16,18-19,24,26,36,39-44,51,58-59,62-66H,8-11,17H2,1H3,(H,55,60)(H,56,61)(H,69,70)(H,71,72)(H,75,76). The molecule has 4 amide bonds. The number of fused-ring (bicyclic) bond motifs is 7. The predicted molar refractivity (Wildman–Crippen MR) is 271 cm³/mol. The summed E-state index contributed by atoms with van der Waals surface area (Å²) in [6.07, 6.45) is -18.7. The number of phenolic OH excluding ortho intramolecular Hbond substituents is 1. The van der Waals surface area contributed by atoms with Crippen molar-refractivity contribution in [1.29, 1.82) is 0 Å². The van der Waals surface area contributed by atoms with E-state index < -0.39 is 163 Å². The Labute approximate surface area is 464 Å². The van der Waals surface area contributed by atoms with Gasteiger partial charge in [-0.3, -0.25) is 33.7 Å². The number of amides is 4. The molecule has 3 aliphatic heterocycles. The van der Waals surface area contributed by atoms with Crippen LogP contribution >= 0.6 is 11.6 Å². The number of benzene rings is 4. The summed E-state index contributed by atoms with van der Waals surface area (Å²) < 4.78 is 33.9. The highest BCUT2D eigenvalue weighted by atomic mass is 35.5. The number of phenols is 1. The fraction of sp³-hybridized carbons (Fsp3) is 0.340. The molecule has 4 aromatic carbocycles. The molecule has 2 fully saturated rings. The van der Waals surface area contributed by atoms with Crippen molar-refractivity contribution in [3.8, 4) is 28.7 Å². The largest absolute Gasteiger partial charge is 0.508 e. The van der Waals surface area contributed by atoms with Crippen LogP contribution in [0.15, 0.2) is 82.0 Å². The molecule has 9 rings (SSSR count). The van der Waals surface area contributed by atoms with Crippen LogP contribution < -0.4 is 30.5 Å². The maximum atomic E-state index is 14.1. The topological polar surface area (TPSA) is 443 Å². The summed E-state index contributed by atoms with van der Waals surface area (Å²) in [6, 6.07) is 13.3. The lowest BCUT2D eigenvalue weighted by Gasteiger charge is -2.39. The lowest BCUT2D eigenvalue weighted by atomic mass is 9.77. The van der Waals surface area contributed by atoms with E-state index in [2.05, 4.69) is 15.4 Å². The molecule has 1 spiro atoms. The Morgan fingerprint density at radius 1 is 0.780 bits per heavy atom. The highest BCUT2D eigenvalue weighted by molar-refractivity contribution is 6.32. The summed E-state index contributed by atoms with van der Waals surface area (Å²) in [6.45, 7) is 0.639. The number of carbonyl (C=O) groups is 8. The monoisotopic (exact) mass is 1160 g/mol. The van der Waals surface area contributed by atoms with Crippen LogP contribution in [0.2, 0.25) is 5.02 Å². The minimum Gasteiger partial charge on any atom is -0.506 e. The molecule has 0 bridgehead atoms. The van der Waals surface area contributed by atoms with Gasteiger partial charge in [-0.25, -0.2) is 14.4 Å². The SMILES string of the molecule is CC(O)C(O)C(O)C(OC(=O)O)Oc1ccc2c(c1)Oc1cc(OC3CC(C(=O)O)C(O)C(O)C3O)ccc1C21OC(=O)c2cc(NC(=O)CCC(=O)NC3C(=O)N(C(=O)c4cc5cc(Cl)c(O)cc5oc4=O)CCC3C(=O)O)ccc21. The zero-order valence-corrected chi connectivity index (χ0v) is 43.0. The van der Waals surface area contributed by atoms with E-state index in [9.17, 15) is 94.2 Å². The minimum absolute atomic E-state index is 0.00150. The number of hydrogen-bond donors (Lipinski definition) is 12. The molecule has 12 N–H and O–H groups in total. The molecule has 1 aliphatic carbocycles. The van der Waals surface area contributed by atoms with Crippen LogP contribution in [0, 0.1) is 11.8 Å². The van der Waals surface area contributed by atoms with Crippen molar-refractivity contribution in [1.82, 2.24) is 10.2 Å². The fourth-order valence-corrected chi connectivity index (χ4v) is 10.3. The summed E-state index contributed by atoms with van der Waals surface area (Å²) in [5.74, 6) is -12.2. The highest BCUT2D eigenvalue weighted by Gasteiger charge is 2.55. The Morgan fingerprint density at radius 2 is 1.43 bits per heavy atom. The average Bonchev–Trinajstić information content (AvgIpc) is 1.63. The molecule has 5 aromatic rings. The Morgan fingerprint density at radius 3 is 2.09 bits per heavy atom. The number of nitrogens with one attached hydrogen (secondary N) is 2. The number of ether oxygens (including phenoxy) is 5. The second kappa shape index (κ2) is 22.6. The molecule has 4 aliphatic rings. The Balaban J connectivity index is 0.954. The summed E-state index contributed by atoms with van der Waals surface area (Å²) in [4.78, 5) is 117. The first-order chi connectivity index (χ1) is 38.8. The normalized spacial score (nSPS) is 24.0. The summed E-state index contributed by atoms with van der Waals surface area (Å²) >= 11 is 5.97. The number of aliphatic carboxylic acids is 2. The van der Waals surface area contributed by atoms with Crippen molar-refractivity contribution < 1.29 is 118 Å². The molecule has 28 nitrogen and oxygen atoms in total. The number of carbonyl (C=O) groups excluding carboxylic acids is 5. The molecule has 4 heterocycles. The zero-order valence-electron chi connectivity index (χ0n) is 42.2. The van der Waals surface area contributed by atoms with Crippen molar-refractivity contribution in [3.05, 3.63) is 116 Å². The van der Waals surface area contributed by atoms with Crippen molar-refractivity contribution in [2.75, 3.05) is 11.9 Å². The number of hydrogen-bond acceptors (Lipinski definition) is 22. The molecule has 1 aromatic heterocycles. The second-order valence-corrected chi connectivity index (χ2v) is 20.0. The van der Waals surface area contributed by atoms with Gasteiger partial charge < -0.3 is 89.8 Å². The van der Waals surface area contributed by atoms with Gasteiger partial charge in [-0.1, -0.05) is 17.7 Å². The third-order valence-electron chi connectivity index (χ3n) is 14.3. The molecule has 432 valence electrons. The lowest BCUT2D eigenvalue weighted by Crippen LogP contribution is -2.60. The van der Waals surface area contributed by atoms with Crippen molar-refractivity contribution in [2.24, 2.45) is 11.8 Å². The Kier molecular flexibility index (Phi) is 15.9.